The summed E-state index contributed by atoms with van der Waals surface area (Å²) in [5, 5.41) is 0. The van der Waals surface area contributed by atoms with Gasteiger partial charge < -0.3 is 0 Å². The van der Waals surface area contributed by atoms with Gasteiger partial charge in [0.1, 0.15) is 0 Å². The van der Waals surface area contributed by atoms with Crippen molar-refractivity contribution in [2.75, 3.05) is 0 Å². The van der Waals surface area contributed by atoms with Gasteiger partial charge in [-0.1, -0.05) is 84.9 Å². The Kier molecular flexibility index (Phi) is 3.77. The van der Waals surface area contributed by atoms with Crippen LogP contribution in [-0.4, -0.2) is 12.1 Å². The second-order valence-corrected chi connectivity index (χ2v) is 6.89. The molecular formula is C26H16O2. The molecule has 132 valence electrons. The minimum Gasteiger partial charge on any atom is -0.294 e. The number of rotatable bonds is 4. The number of hydrogen-bond donors (Lipinski definition) is 0. The molecule has 0 heterocycles. The van der Waals surface area contributed by atoms with Crippen LogP contribution in [0.5, 0.6) is 0 Å². The molecule has 4 aromatic rings. The Morgan fingerprint density at radius 3 is 1.86 bits per heavy atom. The van der Waals surface area contributed by atoms with Crippen LogP contribution in [0, 0.1) is 0 Å². The van der Waals surface area contributed by atoms with E-state index in [-0.39, 0.29) is 0 Å². The zero-order valence-electron chi connectivity index (χ0n) is 15.1. The minimum atomic E-state index is -0.480. The molecule has 0 spiro atoms. The Bertz CT molecular complexity index is 1220. The van der Waals surface area contributed by atoms with Crippen LogP contribution in [0.1, 0.15) is 10.4 Å². The highest BCUT2D eigenvalue weighted by molar-refractivity contribution is 6.38. The van der Waals surface area contributed by atoms with Crippen LogP contribution >= 0.6 is 0 Å². The lowest BCUT2D eigenvalue weighted by Gasteiger charge is -2.28. The molecule has 4 aromatic carbocycles. The molecule has 0 radical (unpaired) electrons. The highest BCUT2D eigenvalue weighted by Crippen LogP contribution is 2.52. The van der Waals surface area contributed by atoms with E-state index in [1.165, 1.54) is 0 Å². The van der Waals surface area contributed by atoms with Crippen molar-refractivity contribution in [3.05, 3.63) is 96.6 Å². The molecule has 0 saturated carbocycles. The highest BCUT2D eigenvalue weighted by atomic mass is 16.2. The van der Waals surface area contributed by atoms with Gasteiger partial charge in [0.25, 0.3) is 0 Å². The first-order chi connectivity index (χ1) is 13.8. The second kappa shape index (κ2) is 6.43. The summed E-state index contributed by atoms with van der Waals surface area (Å²) < 4.78 is 0. The van der Waals surface area contributed by atoms with E-state index in [1.807, 2.05) is 60.7 Å². The van der Waals surface area contributed by atoms with Crippen LogP contribution in [-0.2, 0) is 4.79 Å². The lowest BCUT2D eigenvalue weighted by molar-refractivity contribution is -0.104. The van der Waals surface area contributed by atoms with E-state index >= 15 is 0 Å². The maximum atomic E-state index is 12.6. The molecule has 0 amide bonds. The topological polar surface area (TPSA) is 34.1 Å². The van der Waals surface area contributed by atoms with Crippen molar-refractivity contribution in [2.45, 2.75) is 0 Å². The van der Waals surface area contributed by atoms with E-state index in [9.17, 15) is 9.59 Å². The first kappa shape index (κ1) is 16.4. The summed E-state index contributed by atoms with van der Waals surface area (Å²) in [5.74, 6) is -0.480. The Labute approximate surface area is 163 Å². The SMILES string of the molecule is O=CC(=O)c1c(-c2ccccc2)ccc2c1-c1cc(-c3ccccc3)ccc1-2. The summed E-state index contributed by atoms with van der Waals surface area (Å²) in [6, 6.07) is 30.2. The average Bonchev–Trinajstić information content (AvgIpc) is 2.77. The van der Waals surface area contributed by atoms with Crippen LogP contribution < -0.4 is 0 Å². The predicted octanol–water partition coefficient (Wildman–Crippen LogP) is 6.05. The third-order valence-electron chi connectivity index (χ3n) is 5.33. The monoisotopic (exact) mass is 360 g/mol. The quantitative estimate of drug-likeness (QED) is 0.222. The standard InChI is InChI=1S/C26H16O2/c27-16-24(28)26-20(18-9-5-2-6-10-18)13-14-22-21-12-11-19(15-23(21)25(22)26)17-7-3-1-4-8-17/h1-16H. The number of carbonyl (C=O) groups excluding carboxylic acids is 2. The molecule has 2 heteroatoms. The molecule has 1 aliphatic rings. The highest BCUT2D eigenvalue weighted by Gasteiger charge is 2.30. The average molecular weight is 360 g/mol. The van der Waals surface area contributed by atoms with Crippen molar-refractivity contribution < 1.29 is 9.59 Å². The number of fused-ring (bicyclic) bond motifs is 4. The number of aldehydes is 1. The number of hydrogen-bond acceptors (Lipinski definition) is 2. The van der Waals surface area contributed by atoms with Crippen molar-refractivity contribution in [1.82, 2.24) is 0 Å². The van der Waals surface area contributed by atoms with Crippen LogP contribution in [0.25, 0.3) is 44.5 Å². The van der Waals surface area contributed by atoms with Gasteiger partial charge >= 0.3 is 0 Å². The van der Waals surface area contributed by atoms with Crippen LogP contribution in [0.3, 0.4) is 0 Å². The number of Topliss-reactive ketones (excluding diaryl/α,β-unsaturated/α-hetero) is 1. The zero-order valence-corrected chi connectivity index (χ0v) is 15.1. The fourth-order valence-electron chi connectivity index (χ4n) is 4.01. The Balaban J connectivity index is 1.72. The Morgan fingerprint density at radius 2 is 1.18 bits per heavy atom. The summed E-state index contributed by atoms with van der Waals surface area (Å²) in [6.45, 7) is 0. The van der Waals surface area contributed by atoms with Gasteiger partial charge in [-0.3, -0.25) is 9.59 Å². The van der Waals surface area contributed by atoms with Crippen molar-refractivity contribution in [2.24, 2.45) is 0 Å². The van der Waals surface area contributed by atoms with E-state index in [1.54, 1.807) is 0 Å². The van der Waals surface area contributed by atoms with Crippen LogP contribution in [0.4, 0.5) is 0 Å². The molecule has 0 aliphatic heterocycles. The normalized spacial score (nSPS) is 11.1. The molecule has 0 atom stereocenters. The van der Waals surface area contributed by atoms with Gasteiger partial charge in [-0.25, -0.2) is 0 Å². The lowest BCUT2D eigenvalue weighted by Crippen LogP contribution is -2.11. The van der Waals surface area contributed by atoms with Crippen molar-refractivity contribution in [3.8, 4) is 44.5 Å². The first-order valence-electron chi connectivity index (χ1n) is 9.20. The molecule has 0 N–H and O–H groups in total. The molecule has 5 rings (SSSR count). The van der Waals surface area contributed by atoms with E-state index in [0.29, 0.717) is 11.8 Å². The molecule has 0 unspecified atom stereocenters. The van der Waals surface area contributed by atoms with Crippen molar-refractivity contribution >= 4 is 12.1 Å². The molecule has 0 fully saturated rings. The summed E-state index contributed by atoms with van der Waals surface area (Å²) in [5.41, 5.74) is 8.51. The number of benzene rings is 4. The molecule has 0 saturated heterocycles. The predicted molar refractivity (Wildman–Crippen MR) is 112 cm³/mol. The zero-order chi connectivity index (χ0) is 19.1. The Hall–Kier alpha value is -3.78. The second-order valence-electron chi connectivity index (χ2n) is 6.89. The lowest BCUT2D eigenvalue weighted by atomic mass is 9.74. The summed E-state index contributed by atoms with van der Waals surface area (Å²) >= 11 is 0. The van der Waals surface area contributed by atoms with Gasteiger partial charge in [0, 0.05) is 11.1 Å². The summed E-state index contributed by atoms with van der Waals surface area (Å²) in [6.07, 6.45) is 0.418. The van der Waals surface area contributed by atoms with Gasteiger partial charge in [-0.2, -0.15) is 0 Å². The third-order valence-corrected chi connectivity index (χ3v) is 5.33. The molecular weight excluding hydrogens is 344 g/mol. The number of carbonyl (C=O) groups is 2. The molecule has 1 aliphatic carbocycles. The van der Waals surface area contributed by atoms with Crippen LogP contribution in [0.15, 0.2) is 91.0 Å². The Morgan fingerprint density at radius 1 is 0.571 bits per heavy atom. The van der Waals surface area contributed by atoms with Gasteiger partial charge in [0.2, 0.25) is 5.78 Å². The van der Waals surface area contributed by atoms with Crippen molar-refractivity contribution in [3.63, 3.8) is 0 Å². The van der Waals surface area contributed by atoms with Crippen LogP contribution in [0.2, 0.25) is 0 Å². The molecule has 0 aromatic heterocycles. The fraction of sp³-hybridized carbons (Fsp3) is 0. The summed E-state index contributed by atoms with van der Waals surface area (Å²) in [4.78, 5) is 24.0. The van der Waals surface area contributed by atoms with Gasteiger partial charge in [0.05, 0.1) is 0 Å². The minimum absolute atomic E-state index is 0.418. The first-order valence-corrected chi connectivity index (χ1v) is 9.20. The van der Waals surface area contributed by atoms with Gasteiger partial charge in [-0.15, -0.1) is 0 Å². The van der Waals surface area contributed by atoms with E-state index < -0.39 is 5.78 Å². The maximum Gasteiger partial charge on any atom is 0.226 e. The molecule has 28 heavy (non-hydrogen) atoms. The van der Waals surface area contributed by atoms with Crippen molar-refractivity contribution in [1.29, 1.82) is 0 Å². The van der Waals surface area contributed by atoms with E-state index in [2.05, 4.69) is 30.3 Å². The largest absolute Gasteiger partial charge is 0.294 e. The van der Waals surface area contributed by atoms with E-state index in [0.717, 1.165) is 44.5 Å². The van der Waals surface area contributed by atoms with Gasteiger partial charge in [0.15, 0.2) is 6.29 Å². The molecule has 2 nitrogen and oxygen atoms in total. The smallest absolute Gasteiger partial charge is 0.226 e. The summed E-state index contributed by atoms with van der Waals surface area (Å²) in [7, 11) is 0. The third kappa shape index (κ3) is 2.43. The number of ketones is 1. The van der Waals surface area contributed by atoms with Gasteiger partial charge in [-0.05, 0) is 45.0 Å². The molecule has 0 bridgehead atoms. The van der Waals surface area contributed by atoms with E-state index in [4.69, 9.17) is 0 Å². The fourth-order valence-corrected chi connectivity index (χ4v) is 4.01. The maximum absolute atomic E-state index is 12.6.